The van der Waals surface area contributed by atoms with Crippen LogP contribution in [0.4, 0.5) is 5.69 Å². The summed E-state index contributed by atoms with van der Waals surface area (Å²) in [5.41, 5.74) is 7.28. The summed E-state index contributed by atoms with van der Waals surface area (Å²) in [5.74, 6) is -0.266. The number of oxazole rings is 1. The van der Waals surface area contributed by atoms with Gasteiger partial charge in [-0.25, -0.2) is 4.98 Å². The summed E-state index contributed by atoms with van der Waals surface area (Å²) in [6, 6.07) is 5.27. The number of rotatable bonds is 2. The van der Waals surface area contributed by atoms with E-state index in [1.807, 2.05) is 13.8 Å². The molecule has 6 nitrogen and oxygen atoms in total. The minimum absolute atomic E-state index is 0.0782. The highest BCUT2D eigenvalue weighted by atomic mass is 16.3. The predicted octanol–water partition coefficient (Wildman–Crippen LogP) is 1.55. The lowest BCUT2D eigenvalue weighted by Gasteiger charge is -2.18. The van der Waals surface area contributed by atoms with E-state index in [1.54, 1.807) is 18.2 Å². The van der Waals surface area contributed by atoms with E-state index >= 15 is 0 Å². The summed E-state index contributed by atoms with van der Waals surface area (Å²) in [6.45, 7) is 3.99. The van der Waals surface area contributed by atoms with E-state index < -0.39 is 0 Å². The van der Waals surface area contributed by atoms with Crippen molar-refractivity contribution < 1.29 is 14.0 Å². The molecule has 2 N–H and O–H groups in total. The Morgan fingerprint density at radius 1 is 1.29 bits per heavy atom. The second-order valence-electron chi connectivity index (χ2n) is 6.34. The summed E-state index contributed by atoms with van der Waals surface area (Å²) >= 11 is 0. The molecule has 108 valence electrons. The number of nitrogen functional groups attached to an aromatic ring is 1. The van der Waals surface area contributed by atoms with Crippen LogP contribution in [0, 0.1) is 17.3 Å². The van der Waals surface area contributed by atoms with Crippen molar-refractivity contribution in [1.29, 1.82) is 0 Å². The van der Waals surface area contributed by atoms with Crippen molar-refractivity contribution in [3.8, 4) is 0 Å². The van der Waals surface area contributed by atoms with E-state index in [4.69, 9.17) is 10.2 Å². The van der Waals surface area contributed by atoms with Crippen LogP contribution in [0.5, 0.6) is 0 Å². The van der Waals surface area contributed by atoms with Gasteiger partial charge in [-0.15, -0.1) is 0 Å². The summed E-state index contributed by atoms with van der Waals surface area (Å²) < 4.78 is 5.57. The zero-order valence-corrected chi connectivity index (χ0v) is 11.8. The molecule has 1 aromatic carbocycles. The van der Waals surface area contributed by atoms with Gasteiger partial charge in [0.25, 0.3) is 0 Å². The molecular weight excluding hydrogens is 270 g/mol. The number of nitrogens with zero attached hydrogens (tertiary/aromatic N) is 2. The average Bonchev–Trinajstić information content (AvgIpc) is 2.71. The number of nitrogens with two attached hydrogens (primary N) is 1. The van der Waals surface area contributed by atoms with E-state index in [-0.39, 0.29) is 35.6 Å². The lowest BCUT2D eigenvalue weighted by atomic mass is 10.1. The van der Waals surface area contributed by atoms with Crippen molar-refractivity contribution in [2.75, 3.05) is 5.73 Å². The summed E-state index contributed by atoms with van der Waals surface area (Å²) in [5, 5.41) is 0. The summed E-state index contributed by atoms with van der Waals surface area (Å²) in [7, 11) is 0. The molecule has 0 radical (unpaired) electrons. The van der Waals surface area contributed by atoms with Gasteiger partial charge < -0.3 is 10.2 Å². The number of benzene rings is 1. The van der Waals surface area contributed by atoms with Crippen molar-refractivity contribution in [3.05, 3.63) is 24.1 Å². The van der Waals surface area contributed by atoms with Gasteiger partial charge in [-0.2, -0.15) is 0 Å². The highest BCUT2D eigenvalue weighted by Gasteiger charge is 2.72. The van der Waals surface area contributed by atoms with Crippen molar-refractivity contribution in [2.24, 2.45) is 17.3 Å². The number of likely N-dealkylation sites (tertiary alicyclic amines) is 1. The fourth-order valence-corrected chi connectivity index (χ4v) is 3.38. The zero-order valence-electron chi connectivity index (χ0n) is 11.8. The smallest absolute Gasteiger partial charge is 0.234 e. The number of fused-ring (bicyclic) bond motifs is 2. The molecule has 1 saturated heterocycles. The number of hydrogen-bond donors (Lipinski definition) is 1. The number of anilines is 1. The Hall–Kier alpha value is -2.37. The van der Waals surface area contributed by atoms with Gasteiger partial charge in [0.2, 0.25) is 17.7 Å². The topological polar surface area (TPSA) is 89.4 Å². The van der Waals surface area contributed by atoms with Gasteiger partial charge in [0.1, 0.15) is 12.1 Å². The lowest BCUT2D eigenvalue weighted by molar-refractivity contribution is -0.144. The van der Waals surface area contributed by atoms with E-state index in [9.17, 15) is 9.59 Å². The van der Waals surface area contributed by atoms with Crippen LogP contribution in [-0.2, 0) is 16.1 Å². The van der Waals surface area contributed by atoms with Crippen molar-refractivity contribution in [2.45, 2.75) is 20.4 Å². The van der Waals surface area contributed by atoms with Gasteiger partial charge in [0.05, 0.1) is 17.5 Å². The Labute approximate surface area is 120 Å². The lowest BCUT2D eigenvalue weighted by Crippen LogP contribution is -2.35. The molecule has 2 fully saturated rings. The molecule has 6 heteroatoms. The minimum Gasteiger partial charge on any atom is -0.439 e. The molecule has 1 saturated carbocycles. The molecule has 2 aromatic rings. The van der Waals surface area contributed by atoms with Crippen molar-refractivity contribution in [1.82, 2.24) is 9.88 Å². The van der Waals surface area contributed by atoms with E-state index in [0.29, 0.717) is 22.7 Å². The first-order valence-corrected chi connectivity index (χ1v) is 6.90. The Morgan fingerprint density at radius 3 is 2.57 bits per heavy atom. The zero-order chi connectivity index (χ0) is 14.9. The number of piperidine rings is 1. The fraction of sp³-hybridized carbons (Fsp3) is 0.400. The van der Waals surface area contributed by atoms with Crippen molar-refractivity contribution in [3.63, 3.8) is 0 Å². The van der Waals surface area contributed by atoms with Crippen LogP contribution in [0.25, 0.3) is 11.1 Å². The molecule has 2 heterocycles. The third kappa shape index (κ3) is 1.50. The molecule has 1 aliphatic heterocycles. The first kappa shape index (κ1) is 12.4. The monoisotopic (exact) mass is 285 g/mol. The van der Waals surface area contributed by atoms with Crippen LogP contribution in [0.2, 0.25) is 0 Å². The number of carbonyl (C=O) groups is 2. The maximum atomic E-state index is 12.3. The number of carbonyl (C=O) groups excluding carboxylic acids is 2. The number of amides is 2. The fourth-order valence-electron chi connectivity index (χ4n) is 3.38. The molecule has 2 atom stereocenters. The van der Waals surface area contributed by atoms with Gasteiger partial charge >= 0.3 is 0 Å². The molecule has 21 heavy (non-hydrogen) atoms. The minimum atomic E-state index is -0.198. The molecule has 1 aliphatic carbocycles. The predicted molar refractivity (Wildman–Crippen MR) is 74.7 cm³/mol. The summed E-state index contributed by atoms with van der Waals surface area (Å²) in [4.78, 5) is 30.1. The molecule has 2 aliphatic rings. The molecule has 2 amide bonds. The number of para-hydroxylation sites is 1. The normalized spacial score (nSPS) is 26.5. The second-order valence-corrected chi connectivity index (χ2v) is 6.34. The van der Waals surface area contributed by atoms with Crippen LogP contribution < -0.4 is 5.73 Å². The maximum absolute atomic E-state index is 12.3. The summed E-state index contributed by atoms with van der Waals surface area (Å²) in [6.07, 6.45) is 0. The Bertz CT molecular complexity index is 769. The Balaban J connectivity index is 1.63. The Morgan fingerprint density at radius 2 is 1.95 bits per heavy atom. The van der Waals surface area contributed by atoms with Gasteiger partial charge in [0, 0.05) is 0 Å². The molecule has 1 aromatic heterocycles. The molecule has 4 rings (SSSR count). The number of hydrogen-bond acceptors (Lipinski definition) is 5. The number of imide groups is 1. The van der Waals surface area contributed by atoms with Crippen LogP contribution >= 0.6 is 0 Å². The maximum Gasteiger partial charge on any atom is 0.234 e. The highest BCUT2D eigenvalue weighted by molar-refractivity contribution is 6.10. The third-order valence-corrected chi connectivity index (χ3v) is 4.68. The first-order valence-electron chi connectivity index (χ1n) is 6.90. The van der Waals surface area contributed by atoms with E-state index in [1.165, 1.54) is 4.90 Å². The molecule has 0 spiro atoms. The van der Waals surface area contributed by atoms with Crippen LogP contribution in [0.1, 0.15) is 19.7 Å². The van der Waals surface area contributed by atoms with E-state index in [2.05, 4.69) is 4.98 Å². The van der Waals surface area contributed by atoms with Gasteiger partial charge in [-0.05, 0) is 17.5 Å². The molecule has 2 unspecified atom stereocenters. The van der Waals surface area contributed by atoms with Gasteiger partial charge in [0.15, 0.2) is 5.58 Å². The second kappa shape index (κ2) is 3.63. The van der Waals surface area contributed by atoms with Crippen LogP contribution in [0.15, 0.2) is 22.6 Å². The van der Waals surface area contributed by atoms with E-state index in [0.717, 1.165) is 0 Å². The Kier molecular flexibility index (Phi) is 2.14. The van der Waals surface area contributed by atoms with Crippen LogP contribution in [-0.4, -0.2) is 21.7 Å². The standard InChI is InChI=1S/C15H15N3O3/c1-15(2)10-11(15)14(20)18(13(10)19)6-9-17-12-7(16)4-3-5-8(12)21-9/h3-5,10-11H,6,16H2,1-2H3. The highest BCUT2D eigenvalue weighted by Crippen LogP contribution is 2.63. The molecule has 0 bridgehead atoms. The van der Waals surface area contributed by atoms with Gasteiger partial charge in [-0.3, -0.25) is 14.5 Å². The average molecular weight is 285 g/mol. The SMILES string of the molecule is CC1(C)C2C(=O)N(Cc3nc4c(N)cccc4o3)C(=O)C21. The largest absolute Gasteiger partial charge is 0.439 e. The first-order chi connectivity index (χ1) is 9.91. The molecular formula is C15H15N3O3. The van der Waals surface area contributed by atoms with Gasteiger partial charge in [-0.1, -0.05) is 19.9 Å². The number of aromatic nitrogens is 1. The third-order valence-electron chi connectivity index (χ3n) is 4.68. The van der Waals surface area contributed by atoms with Crippen LogP contribution in [0.3, 0.4) is 0 Å². The quantitative estimate of drug-likeness (QED) is 0.668. The van der Waals surface area contributed by atoms with Crippen molar-refractivity contribution >= 4 is 28.6 Å².